The second kappa shape index (κ2) is 8.52. The summed E-state index contributed by atoms with van der Waals surface area (Å²) in [6.45, 7) is 10.8. The number of hydrogen-bond acceptors (Lipinski definition) is 5. The molecule has 1 unspecified atom stereocenters. The van der Waals surface area contributed by atoms with E-state index in [1.807, 2.05) is 20.8 Å². The zero-order chi connectivity index (χ0) is 21.1. The fraction of sp³-hybridized carbons (Fsp3) is 0.368. The third-order valence-corrected chi connectivity index (χ3v) is 4.23. The monoisotopic (exact) mass is 407 g/mol. The largest absolute Gasteiger partial charge is 0.481 e. The van der Waals surface area contributed by atoms with Gasteiger partial charge in [0.2, 0.25) is 0 Å². The van der Waals surface area contributed by atoms with Crippen molar-refractivity contribution >= 4 is 42.0 Å². The van der Waals surface area contributed by atoms with Gasteiger partial charge in [-0.05, 0) is 25.1 Å². The van der Waals surface area contributed by atoms with Crippen LogP contribution < -0.4 is 5.32 Å². The van der Waals surface area contributed by atoms with Crippen LogP contribution in [0.2, 0.25) is 0 Å². The molecule has 0 amide bonds. The summed E-state index contributed by atoms with van der Waals surface area (Å²) in [5.41, 5.74) is 0.752. The molecule has 3 N–H and O–H groups in total. The Morgan fingerprint density at radius 3 is 2.75 bits per heavy atom. The van der Waals surface area contributed by atoms with Gasteiger partial charge in [0.05, 0.1) is 12.6 Å². The fourth-order valence-electron chi connectivity index (χ4n) is 2.60. The summed E-state index contributed by atoms with van der Waals surface area (Å²) < 4.78 is 14.3. The van der Waals surface area contributed by atoms with Gasteiger partial charge in [-0.15, -0.1) is 0 Å². The van der Waals surface area contributed by atoms with E-state index in [0.29, 0.717) is 22.0 Å². The molecule has 2 aromatic heterocycles. The van der Waals surface area contributed by atoms with Gasteiger partial charge in [0, 0.05) is 28.4 Å². The maximum absolute atomic E-state index is 14.3. The molecule has 0 aliphatic heterocycles. The normalized spacial score (nSPS) is 13.3. The molecule has 7 nitrogen and oxygen atoms in total. The van der Waals surface area contributed by atoms with E-state index in [2.05, 4.69) is 32.0 Å². The van der Waals surface area contributed by atoms with E-state index in [-0.39, 0.29) is 18.1 Å². The van der Waals surface area contributed by atoms with Crippen molar-refractivity contribution in [2.24, 2.45) is 10.4 Å². The zero-order valence-electron chi connectivity index (χ0n) is 16.2. The number of hydrogen-bond donors (Lipinski definition) is 3. The van der Waals surface area contributed by atoms with Gasteiger partial charge in [-0.2, -0.15) is 0 Å². The number of aliphatic carboxylic acids is 1. The van der Waals surface area contributed by atoms with Crippen LogP contribution in [0.15, 0.2) is 22.4 Å². The lowest BCUT2D eigenvalue weighted by molar-refractivity contribution is -0.137. The van der Waals surface area contributed by atoms with Gasteiger partial charge in [0.25, 0.3) is 0 Å². The minimum absolute atomic E-state index is 0.0713. The highest BCUT2D eigenvalue weighted by atomic mass is 35.5. The predicted octanol–water partition coefficient (Wildman–Crippen LogP) is 4.84. The second-order valence-electron chi connectivity index (χ2n) is 7.40. The maximum atomic E-state index is 14.3. The number of rotatable bonds is 7. The summed E-state index contributed by atoms with van der Waals surface area (Å²) in [5.74, 6) is -1.01. The first-order valence-electron chi connectivity index (χ1n) is 8.56. The Bertz CT molecular complexity index is 914. The van der Waals surface area contributed by atoms with Crippen molar-refractivity contribution < 1.29 is 14.3 Å². The van der Waals surface area contributed by atoms with Crippen molar-refractivity contribution in [2.45, 2.75) is 40.2 Å². The molecule has 0 aliphatic carbocycles. The Labute approximate surface area is 167 Å². The van der Waals surface area contributed by atoms with E-state index in [1.54, 1.807) is 19.2 Å². The minimum atomic E-state index is -0.987. The third kappa shape index (κ3) is 5.16. The summed E-state index contributed by atoms with van der Waals surface area (Å²) in [6.07, 6.45) is 4.17. The number of nitrogens with zero attached hydrogens (tertiary/aromatic N) is 3. The average molecular weight is 408 g/mol. The quantitative estimate of drug-likeness (QED) is 0.569. The van der Waals surface area contributed by atoms with Gasteiger partial charge in [0.1, 0.15) is 5.82 Å². The van der Waals surface area contributed by atoms with Crippen LogP contribution in [0.1, 0.15) is 39.7 Å². The summed E-state index contributed by atoms with van der Waals surface area (Å²) in [7, 11) is 0. The molecular weight excluding hydrogens is 385 g/mol. The lowest BCUT2D eigenvalue weighted by atomic mass is 9.85. The number of aromatic nitrogens is 3. The Morgan fingerprint density at radius 1 is 1.54 bits per heavy atom. The number of aliphatic imine (C=N–C) groups is 1. The first-order chi connectivity index (χ1) is 13.0. The first-order valence-corrected chi connectivity index (χ1v) is 8.94. The standard InChI is InChI=1S/C19H23ClFN5O2/c1-10(20)6-11-12(8-23-16(11)22-5)17-24-9-13(21)18(26-17)25-14(7-15(27)28)19(2,3)4/h6,8-9,14,23H,5,7H2,1-4H3,(H,27,28)(H,24,25,26)/b10-6+. The number of carboxylic acids is 1. The molecule has 0 radical (unpaired) electrons. The first kappa shape index (κ1) is 21.6. The number of nitrogens with one attached hydrogen (secondary N) is 2. The Kier molecular flexibility index (Phi) is 6.56. The molecule has 28 heavy (non-hydrogen) atoms. The highest BCUT2D eigenvalue weighted by Gasteiger charge is 2.28. The number of H-pyrrole nitrogens is 1. The topological polar surface area (TPSA) is 103 Å². The highest BCUT2D eigenvalue weighted by Crippen LogP contribution is 2.33. The molecule has 0 aromatic carbocycles. The van der Waals surface area contributed by atoms with Gasteiger partial charge in [-0.25, -0.2) is 19.4 Å². The summed E-state index contributed by atoms with van der Waals surface area (Å²) in [6, 6.07) is -0.539. The molecule has 0 fully saturated rings. The molecule has 2 aromatic rings. The maximum Gasteiger partial charge on any atom is 0.305 e. The molecule has 0 bridgehead atoms. The smallest absolute Gasteiger partial charge is 0.305 e. The molecular formula is C19H23ClFN5O2. The summed E-state index contributed by atoms with van der Waals surface area (Å²) in [4.78, 5) is 26.4. The van der Waals surface area contributed by atoms with Gasteiger partial charge in [-0.3, -0.25) is 4.79 Å². The Balaban J connectivity index is 2.49. The van der Waals surface area contributed by atoms with Crippen molar-refractivity contribution in [1.29, 1.82) is 0 Å². The molecule has 2 heterocycles. The van der Waals surface area contributed by atoms with E-state index in [4.69, 9.17) is 11.6 Å². The van der Waals surface area contributed by atoms with Crippen molar-refractivity contribution in [3.63, 3.8) is 0 Å². The van der Waals surface area contributed by atoms with E-state index < -0.39 is 23.2 Å². The van der Waals surface area contributed by atoms with Crippen LogP contribution in [0.5, 0.6) is 0 Å². The SMILES string of the molecule is C=Nc1[nH]cc(-c2ncc(F)c(NC(CC(=O)O)C(C)(C)C)n2)c1/C=C(\C)Cl. The fourth-order valence-corrected chi connectivity index (χ4v) is 2.71. The van der Waals surface area contributed by atoms with E-state index in [0.717, 1.165) is 6.20 Å². The van der Waals surface area contributed by atoms with E-state index >= 15 is 0 Å². The zero-order valence-corrected chi connectivity index (χ0v) is 16.9. The predicted molar refractivity (Wildman–Crippen MR) is 110 cm³/mol. The molecule has 0 saturated carbocycles. The molecule has 0 spiro atoms. The molecule has 9 heteroatoms. The van der Waals surface area contributed by atoms with Gasteiger partial charge in [-0.1, -0.05) is 32.4 Å². The molecule has 150 valence electrons. The van der Waals surface area contributed by atoms with Crippen molar-refractivity contribution in [1.82, 2.24) is 15.0 Å². The third-order valence-electron chi connectivity index (χ3n) is 4.12. The number of carboxylic acid groups (broad SMARTS) is 1. The summed E-state index contributed by atoms with van der Waals surface area (Å²) in [5, 5.41) is 12.6. The molecule has 0 saturated heterocycles. The Morgan fingerprint density at radius 2 is 2.21 bits per heavy atom. The molecule has 0 aliphatic rings. The van der Waals surface area contributed by atoms with Crippen molar-refractivity contribution in [2.75, 3.05) is 5.32 Å². The average Bonchev–Trinajstić information content (AvgIpc) is 2.96. The number of carbonyl (C=O) groups is 1. The van der Waals surface area contributed by atoms with Crippen LogP contribution in [0.25, 0.3) is 17.5 Å². The van der Waals surface area contributed by atoms with Crippen LogP contribution in [0, 0.1) is 11.2 Å². The van der Waals surface area contributed by atoms with Crippen LogP contribution in [0.4, 0.5) is 16.0 Å². The summed E-state index contributed by atoms with van der Waals surface area (Å²) >= 11 is 6.00. The Hall–Kier alpha value is -2.74. The molecule has 2 rings (SSSR count). The van der Waals surface area contributed by atoms with E-state index in [1.165, 1.54) is 0 Å². The van der Waals surface area contributed by atoms with Gasteiger partial charge in [0.15, 0.2) is 17.5 Å². The van der Waals surface area contributed by atoms with Crippen LogP contribution in [-0.4, -0.2) is 38.8 Å². The second-order valence-corrected chi connectivity index (χ2v) is 8.00. The number of anilines is 1. The van der Waals surface area contributed by atoms with Crippen molar-refractivity contribution in [3.8, 4) is 11.4 Å². The number of allylic oxidation sites excluding steroid dienone is 1. The van der Waals surface area contributed by atoms with Gasteiger partial charge >= 0.3 is 5.97 Å². The lowest BCUT2D eigenvalue weighted by Crippen LogP contribution is -2.36. The van der Waals surface area contributed by atoms with Crippen LogP contribution >= 0.6 is 11.6 Å². The van der Waals surface area contributed by atoms with E-state index in [9.17, 15) is 14.3 Å². The molecule has 1 atom stereocenters. The minimum Gasteiger partial charge on any atom is -0.481 e. The van der Waals surface area contributed by atoms with Gasteiger partial charge < -0.3 is 15.4 Å². The van der Waals surface area contributed by atoms with Crippen LogP contribution in [-0.2, 0) is 4.79 Å². The highest BCUT2D eigenvalue weighted by molar-refractivity contribution is 6.31. The number of aromatic amines is 1. The number of halogens is 2. The lowest BCUT2D eigenvalue weighted by Gasteiger charge is -2.30. The van der Waals surface area contributed by atoms with Crippen molar-refractivity contribution in [3.05, 3.63) is 28.8 Å². The van der Waals surface area contributed by atoms with Crippen LogP contribution in [0.3, 0.4) is 0 Å².